The van der Waals surface area contributed by atoms with Crippen molar-refractivity contribution in [3.63, 3.8) is 0 Å². The summed E-state index contributed by atoms with van der Waals surface area (Å²) in [5.41, 5.74) is 5.84. The lowest BCUT2D eigenvalue weighted by atomic mass is 9.93. The normalized spacial score (nSPS) is 20.2. The maximum absolute atomic E-state index is 6.48. The van der Waals surface area contributed by atoms with Crippen LogP contribution in [-0.2, 0) is 0 Å². The first-order valence-electron chi connectivity index (χ1n) is 8.11. The van der Waals surface area contributed by atoms with Crippen molar-refractivity contribution in [2.75, 3.05) is 12.4 Å². The molecule has 2 nitrogen and oxygen atoms in total. The van der Waals surface area contributed by atoms with Gasteiger partial charge in [0.2, 0.25) is 0 Å². The number of nitrogens with zero attached hydrogens (tertiary/aromatic N) is 1. The third kappa shape index (κ3) is 2.68. The third-order valence-electron chi connectivity index (χ3n) is 4.63. The first kappa shape index (κ1) is 15.3. The van der Waals surface area contributed by atoms with Crippen molar-refractivity contribution >= 4 is 17.3 Å². The van der Waals surface area contributed by atoms with Gasteiger partial charge >= 0.3 is 0 Å². The summed E-state index contributed by atoms with van der Waals surface area (Å²) >= 11 is 6.48. The minimum Gasteiger partial charge on any atom is -0.357 e. The average Bonchev–Trinajstić information content (AvgIpc) is 2.64. The summed E-state index contributed by atoms with van der Waals surface area (Å²) in [6.45, 7) is 0. The Morgan fingerprint density at radius 2 is 1.42 bits per heavy atom. The van der Waals surface area contributed by atoms with Gasteiger partial charge in [-0.05, 0) is 35.4 Å². The highest BCUT2D eigenvalue weighted by Crippen LogP contribution is 2.39. The van der Waals surface area contributed by atoms with Crippen molar-refractivity contribution < 1.29 is 0 Å². The molecule has 1 heterocycles. The highest BCUT2D eigenvalue weighted by molar-refractivity contribution is 6.21. The lowest BCUT2D eigenvalue weighted by Crippen LogP contribution is -2.41. The summed E-state index contributed by atoms with van der Waals surface area (Å²) < 4.78 is 0. The van der Waals surface area contributed by atoms with Gasteiger partial charge in [-0.1, -0.05) is 84.4 Å². The molecule has 1 aliphatic heterocycles. The second-order valence-corrected chi connectivity index (χ2v) is 6.54. The van der Waals surface area contributed by atoms with Gasteiger partial charge in [0.1, 0.15) is 0 Å². The summed E-state index contributed by atoms with van der Waals surface area (Å²) in [7, 11) is 2.05. The highest BCUT2D eigenvalue weighted by Gasteiger charge is 2.31. The lowest BCUT2D eigenvalue weighted by Gasteiger charge is -2.39. The molecule has 0 saturated heterocycles. The Morgan fingerprint density at radius 3 is 2.17 bits per heavy atom. The second-order valence-electron chi connectivity index (χ2n) is 6.12. The largest absolute Gasteiger partial charge is 0.357 e. The van der Waals surface area contributed by atoms with Gasteiger partial charge in [-0.15, -0.1) is 0 Å². The number of benzene rings is 3. The number of halogens is 1. The quantitative estimate of drug-likeness (QED) is 0.504. The van der Waals surface area contributed by atoms with Crippen molar-refractivity contribution in [1.29, 1.82) is 0 Å². The Bertz CT molecular complexity index is 830. The van der Waals surface area contributed by atoms with E-state index in [1.54, 1.807) is 0 Å². The van der Waals surface area contributed by atoms with Crippen molar-refractivity contribution in [3.05, 3.63) is 90.0 Å². The van der Waals surface area contributed by atoms with Gasteiger partial charge in [-0.3, -0.25) is 4.90 Å². The molecule has 1 N–H and O–H groups in total. The summed E-state index contributed by atoms with van der Waals surface area (Å²) in [6, 6.07) is 27.7. The molecule has 1 aliphatic rings. The summed E-state index contributed by atoms with van der Waals surface area (Å²) in [5.74, 6) is 0. The Kier molecular flexibility index (Phi) is 4.01. The molecule has 3 aromatic carbocycles. The van der Waals surface area contributed by atoms with Gasteiger partial charge in [-0.25, -0.2) is 0 Å². The fourth-order valence-electron chi connectivity index (χ4n) is 3.35. The van der Waals surface area contributed by atoms with Crippen LogP contribution in [0, 0.1) is 0 Å². The lowest BCUT2D eigenvalue weighted by molar-refractivity contribution is 0.262. The highest BCUT2D eigenvalue weighted by atomic mass is 35.5. The molecule has 3 heteroatoms. The Hall–Kier alpha value is -2.29. The maximum atomic E-state index is 6.48. The maximum Gasteiger partial charge on any atom is 0.158 e. The minimum atomic E-state index is -0.223. The second kappa shape index (κ2) is 6.31. The van der Waals surface area contributed by atoms with E-state index in [4.69, 9.17) is 11.6 Å². The first-order chi connectivity index (χ1) is 11.7. The summed E-state index contributed by atoms with van der Waals surface area (Å²) in [5, 5.41) is 3.34. The van der Waals surface area contributed by atoms with E-state index < -0.39 is 0 Å². The third-order valence-corrected chi connectivity index (χ3v) is 5.05. The van der Waals surface area contributed by atoms with E-state index in [0.717, 1.165) is 5.69 Å². The molecule has 0 aliphatic carbocycles. The fraction of sp³-hybridized carbons (Fsp3) is 0.143. The van der Waals surface area contributed by atoms with E-state index in [2.05, 4.69) is 84.0 Å². The molecule has 0 radical (unpaired) electrons. The number of rotatable bonds is 2. The topological polar surface area (TPSA) is 15.3 Å². The number of alkyl halides is 1. The standard InChI is InChI=1S/C21H19ClN2/c1-24-20(18-9-5-6-10-19(18)23-21(24)22)17-13-11-16(12-14-17)15-7-3-2-4-8-15/h2-14,20-21,23H,1H3. The van der Waals surface area contributed by atoms with E-state index in [1.165, 1.54) is 22.3 Å². The van der Waals surface area contributed by atoms with E-state index in [-0.39, 0.29) is 11.7 Å². The van der Waals surface area contributed by atoms with Crippen LogP contribution >= 0.6 is 11.6 Å². The molecule has 24 heavy (non-hydrogen) atoms. The SMILES string of the molecule is CN1C(Cl)Nc2ccccc2C1c1ccc(-c2ccccc2)cc1. The number of fused-ring (bicyclic) bond motifs is 1. The van der Waals surface area contributed by atoms with Gasteiger partial charge in [0.25, 0.3) is 0 Å². The molecule has 0 bridgehead atoms. The van der Waals surface area contributed by atoms with Crippen LogP contribution in [0.5, 0.6) is 0 Å². The molecular formula is C21H19ClN2. The van der Waals surface area contributed by atoms with Crippen LogP contribution in [0.25, 0.3) is 11.1 Å². The van der Waals surface area contributed by atoms with Crippen LogP contribution in [0.3, 0.4) is 0 Å². The first-order valence-corrected chi connectivity index (χ1v) is 8.54. The smallest absolute Gasteiger partial charge is 0.158 e. The molecule has 0 amide bonds. The van der Waals surface area contributed by atoms with Crippen LogP contribution in [-0.4, -0.2) is 17.6 Å². The minimum absolute atomic E-state index is 0.148. The molecule has 0 fully saturated rings. The summed E-state index contributed by atoms with van der Waals surface area (Å²) in [6.07, 6.45) is 0. The van der Waals surface area contributed by atoms with Crippen molar-refractivity contribution in [1.82, 2.24) is 4.90 Å². The van der Waals surface area contributed by atoms with E-state index in [9.17, 15) is 0 Å². The zero-order valence-corrected chi connectivity index (χ0v) is 14.2. The van der Waals surface area contributed by atoms with Gasteiger partial charge in [-0.2, -0.15) is 0 Å². The van der Waals surface area contributed by atoms with Crippen LogP contribution in [0.2, 0.25) is 0 Å². The zero-order chi connectivity index (χ0) is 16.5. The molecule has 0 aromatic heterocycles. The molecule has 2 atom stereocenters. The van der Waals surface area contributed by atoms with E-state index in [1.807, 2.05) is 12.1 Å². The van der Waals surface area contributed by atoms with Crippen molar-refractivity contribution in [2.24, 2.45) is 0 Å². The molecule has 0 spiro atoms. The molecule has 3 aromatic rings. The Labute approximate surface area is 147 Å². The fourth-order valence-corrected chi connectivity index (χ4v) is 3.58. The number of anilines is 1. The number of para-hydroxylation sites is 1. The zero-order valence-electron chi connectivity index (χ0n) is 13.5. The van der Waals surface area contributed by atoms with E-state index in [0.29, 0.717) is 0 Å². The average molecular weight is 335 g/mol. The van der Waals surface area contributed by atoms with E-state index >= 15 is 0 Å². The number of hydrogen-bond donors (Lipinski definition) is 1. The van der Waals surface area contributed by atoms with Gasteiger partial charge < -0.3 is 5.32 Å². The number of hydrogen-bond acceptors (Lipinski definition) is 2. The molecule has 0 saturated carbocycles. The van der Waals surface area contributed by atoms with Crippen molar-refractivity contribution in [2.45, 2.75) is 11.7 Å². The Balaban J connectivity index is 1.73. The molecule has 4 rings (SSSR count). The Morgan fingerprint density at radius 1 is 0.792 bits per heavy atom. The van der Waals surface area contributed by atoms with Gasteiger partial charge in [0.15, 0.2) is 5.62 Å². The number of nitrogens with one attached hydrogen (secondary N) is 1. The van der Waals surface area contributed by atoms with Gasteiger partial charge in [0, 0.05) is 5.69 Å². The summed E-state index contributed by atoms with van der Waals surface area (Å²) in [4.78, 5) is 2.15. The molecular weight excluding hydrogens is 316 g/mol. The van der Waals surface area contributed by atoms with Crippen LogP contribution < -0.4 is 5.32 Å². The van der Waals surface area contributed by atoms with Crippen LogP contribution in [0.1, 0.15) is 17.2 Å². The van der Waals surface area contributed by atoms with Crippen LogP contribution in [0.15, 0.2) is 78.9 Å². The molecule has 120 valence electrons. The van der Waals surface area contributed by atoms with Crippen LogP contribution in [0.4, 0.5) is 5.69 Å². The predicted octanol–water partition coefficient (Wildman–Crippen LogP) is 5.32. The molecule has 2 unspecified atom stereocenters. The predicted molar refractivity (Wildman–Crippen MR) is 101 cm³/mol. The van der Waals surface area contributed by atoms with Gasteiger partial charge in [0.05, 0.1) is 6.04 Å². The van der Waals surface area contributed by atoms with Crippen molar-refractivity contribution in [3.8, 4) is 11.1 Å². The monoisotopic (exact) mass is 334 g/mol.